The molecule has 8 heteroatoms. The van der Waals surface area contributed by atoms with Crippen LogP contribution in [0.25, 0.3) is 0 Å². The van der Waals surface area contributed by atoms with Gasteiger partial charge in [-0.05, 0) is 38.5 Å². The molecule has 0 saturated carbocycles. The van der Waals surface area contributed by atoms with Crippen molar-refractivity contribution in [1.82, 2.24) is 0 Å². The van der Waals surface area contributed by atoms with Gasteiger partial charge in [-0.1, -0.05) is 54.1 Å². The van der Waals surface area contributed by atoms with Gasteiger partial charge in [-0.25, -0.2) is 18.9 Å². The molecule has 3 rings (SSSR count). The van der Waals surface area contributed by atoms with Crippen molar-refractivity contribution in [2.24, 2.45) is 0 Å². The Labute approximate surface area is 190 Å². The van der Waals surface area contributed by atoms with Gasteiger partial charge in [-0.15, -0.1) is 0 Å². The number of allylic oxidation sites excluding steroid dienone is 1. The fourth-order valence-electron chi connectivity index (χ4n) is 3.21. The van der Waals surface area contributed by atoms with Crippen LogP contribution in [-0.2, 0) is 31.3 Å². The van der Waals surface area contributed by atoms with Crippen molar-refractivity contribution in [1.29, 1.82) is 0 Å². The summed E-state index contributed by atoms with van der Waals surface area (Å²) in [5.74, 6) is -1.78. The van der Waals surface area contributed by atoms with Gasteiger partial charge < -0.3 is 9.47 Å². The molecule has 0 bridgehead atoms. The Bertz CT molecular complexity index is 1060. The van der Waals surface area contributed by atoms with E-state index < -0.39 is 35.7 Å². The SMILES string of the molecule is CC(C)(C)OC(=O)N1C(=O)[C@@](F)(C/C=C/C(=O)OCc2ccccc2)c2ccc(Cl)cc21. The standard InChI is InChI=1S/C24H23ClFNO5/c1-23(2,3)32-22(30)27-19-14-17(25)11-12-18(19)24(26,21(27)29)13-7-10-20(28)31-15-16-8-5-4-6-9-16/h4-12,14H,13,15H2,1-3H3/b10-7+/t24-/m1/s1. The molecule has 32 heavy (non-hydrogen) atoms. The molecule has 0 radical (unpaired) electrons. The maximum Gasteiger partial charge on any atom is 0.421 e. The van der Waals surface area contributed by atoms with Crippen molar-refractivity contribution in [2.75, 3.05) is 4.90 Å². The van der Waals surface area contributed by atoms with Crippen molar-refractivity contribution in [3.05, 3.63) is 76.8 Å². The first-order valence-electron chi connectivity index (χ1n) is 9.95. The summed E-state index contributed by atoms with van der Waals surface area (Å²) in [5, 5.41) is 0.231. The number of anilines is 1. The molecule has 2 amide bonds. The number of hydrogen-bond donors (Lipinski definition) is 0. The number of imide groups is 1. The Kier molecular flexibility index (Phi) is 6.69. The van der Waals surface area contributed by atoms with Crippen LogP contribution in [0.15, 0.2) is 60.7 Å². The molecule has 1 atom stereocenters. The topological polar surface area (TPSA) is 72.9 Å². The van der Waals surface area contributed by atoms with E-state index >= 15 is 4.39 Å². The maximum absolute atomic E-state index is 15.9. The van der Waals surface area contributed by atoms with E-state index in [1.807, 2.05) is 18.2 Å². The number of halogens is 2. The van der Waals surface area contributed by atoms with Crippen molar-refractivity contribution >= 4 is 35.3 Å². The molecule has 0 fully saturated rings. The van der Waals surface area contributed by atoms with Crippen LogP contribution in [0.2, 0.25) is 5.02 Å². The Morgan fingerprint density at radius 1 is 1.16 bits per heavy atom. The maximum atomic E-state index is 15.9. The van der Waals surface area contributed by atoms with E-state index in [4.69, 9.17) is 21.1 Å². The zero-order chi connectivity index (χ0) is 23.5. The van der Waals surface area contributed by atoms with Crippen LogP contribution < -0.4 is 4.90 Å². The average molecular weight is 460 g/mol. The van der Waals surface area contributed by atoms with Gasteiger partial charge in [0.1, 0.15) is 12.2 Å². The summed E-state index contributed by atoms with van der Waals surface area (Å²) in [6.45, 7) is 4.97. The zero-order valence-electron chi connectivity index (χ0n) is 17.9. The van der Waals surface area contributed by atoms with Crippen LogP contribution >= 0.6 is 11.6 Å². The molecule has 0 aliphatic carbocycles. The molecule has 1 aliphatic heterocycles. The quantitative estimate of drug-likeness (QED) is 0.437. The highest BCUT2D eigenvalue weighted by atomic mass is 35.5. The Balaban J connectivity index is 1.77. The summed E-state index contributed by atoms with van der Waals surface area (Å²) in [6.07, 6.45) is 0.794. The van der Waals surface area contributed by atoms with Gasteiger partial charge >= 0.3 is 12.1 Å². The fraction of sp³-hybridized carbons (Fsp3) is 0.292. The second kappa shape index (κ2) is 9.12. The van der Waals surface area contributed by atoms with E-state index in [0.29, 0.717) is 4.90 Å². The van der Waals surface area contributed by atoms with E-state index in [1.54, 1.807) is 32.9 Å². The molecule has 0 aromatic heterocycles. The molecule has 0 unspecified atom stereocenters. The molecular formula is C24H23ClFNO5. The van der Waals surface area contributed by atoms with Crippen molar-refractivity contribution < 1.29 is 28.2 Å². The van der Waals surface area contributed by atoms with E-state index in [9.17, 15) is 14.4 Å². The van der Waals surface area contributed by atoms with Crippen LogP contribution in [0, 0.1) is 0 Å². The Morgan fingerprint density at radius 2 is 1.84 bits per heavy atom. The Morgan fingerprint density at radius 3 is 2.50 bits per heavy atom. The molecular weight excluding hydrogens is 437 g/mol. The lowest BCUT2D eigenvalue weighted by Crippen LogP contribution is -2.43. The number of nitrogens with zero attached hydrogens (tertiary/aromatic N) is 1. The molecule has 1 aliphatic rings. The number of hydrogen-bond acceptors (Lipinski definition) is 5. The summed E-state index contributed by atoms with van der Waals surface area (Å²) in [7, 11) is 0. The molecule has 0 saturated heterocycles. The highest BCUT2D eigenvalue weighted by Gasteiger charge is 2.54. The summed E-state index contributed by atoms with van der Waals surface area (Å²) in [6, 6.07) is 13.2. The fourth-order valence-corrected chi connectivity index (χ4v) is 3.37. The summed E-state index contributed by atoms with van der Waals surface area (Å²) < 4.78 is 26.3. The third-order valence-corrected chi connectivity index (χ3v) is 4.86. The highest BCUT2D eigenvalue weighted by molar-refractivity contribution is 6.31. The number of esters is 1. The Hall–Kier alpha value is -3.19. The van der Waals surface area contributed by atoms with Gasteiger partial charge in [0, 0.05) is 23.1 Å². The van der Waals surface area contributed by atoms with Gasteiger partial charge in [0.25, 0.3) is 5.91 Å². The highest BCUT2D eigenvalue weighted by Crippen LogP contribution is 2.47. The van der Waals surface area contributed by atoms with E-state index in [-0.39, 0.29) is 22.9 Å². The number of carbonyl (C=O) groups excluding carboxylic acids is 3. The summed E-state index contributed by atoms with van der Waals surface area (Å²) in [5.41, 5.74) is -2.66. The smallest absolute Gasteiger partial charge is 0.421 e. The van der Waals surface area contributed by atoms with Crippen LogP contribution in [-0.4, -0.2) is 23.6 Å². The molecule has 0 N–H and O–H groups in total. The number of fused-ring (bicyclic) bond motifs is 1. The normalized spacial score (nSPS) is 18.0. The van der Waals surface area contributed by atoms with Gasteiger partial charge in [0.2, 0.25) is 5.67 Å². The first-order chi connectivity index (χ1) is 15.0. The van der Waals surface area contributed by atoms with E-state index in [1.165, 1.54) is 24.3 Å². The lowest BCUT2D eigenvalue weighted by Gasteiger charge is -2.24. The first kappa shape index (κ1) is 23.5. The lowest BCUT2D eigenvalue weighted by molar-refractivity contribution is -0.139. The zero-order valence-corrected chi connectivity index (χ0v) is 18.7. The lowest BCUT2D eigenvalue weighted by atomic mass is 9.93. The second-order valence-corrected chi connectivity index (χ2v) is 8.72. The van der Waals surface area contributed by atoms with Gasteiger partial charge in [0.05, 0.1) is 5.69 Å². The van der Waals surface area contributed by atoms with Crippen LogP contribution in [0.4, 0.5) is 14.9 Å². The number of ether oxygens (including phenoxy) is 2. The molecule has 2 aromatic rings. The number of benzene rings is 2. The van der Waals surface area contributed by atoms with E-state index in [0.717, 1.165) is 11.6 Å². The van der Waals surface area contributed by atoms with Crippen LogP contribution in [0.3, 0.4) is 0 Å². The summed E-state index contributed by atoms with van der Waals surface area (Å²) >= 11 is 6.01. The van der Waals surface area contributed by atoms with E-state index in [2.05, 4.69) is 0 Å². The number of rotatable bonds is 5. The van der Waals surface area contributed by atoms with Gasteiger partial charge in [-0.3, -0.25) is 4.79 Å². The van der Waals surface area contributed by atoms with Gasteiger partial charge in [-0.2, -0.15) is 0 Å². The number of alkyl halides is 1. The number of amides is 2. The molecule has 0 spiro atoms. The van der Waals surface area contributed by atoms with Crippen molar-refractivity contribution in [3.63, 3.8) is 0 Å². The molecule has 6 nitrogen and oxygen atoms in total. The van der Waals surface area contributed by atoms with Gasteiger partial charge in [0.15, 0.2) is 0 Å². The van der Waals surface area contributed by atoms with Crippen molar-refractivity contribution in [2.45, 2.75) is 45.1 Å². The average Bonchev–Trinajstić information content (AvgIpc) is 2.92. The number of carbonyl (C=O) groups is 3. The third kappa shape index (κ3) is 5.16. The molecule has 1 heterocycles. The first-order valence-corrected chi connectivity index (χ1v) is 10.3. The summed E-state index contributed by atoms with van der Waals surface area (Å²) in [4.78, 5) is 38.2. The minimum atomic E-state index is -2.56. The monoisotopic (exact) mass is 459 g/mol. The molecule has 2 aromatic carbocycles. The van der Waals surface area contributed by atoms with Crippen molar-refractivity contribution in [3.8, 4) is 0 Å². The largest absolute Gasteiger partial charge is 0.458 e. The predicted molar refractivity (Wildman–Crippen MR) is 118 cm³/mol. The third-order valence-electron chi connectivity index (χ3n) is 4.62. The predicted octanol–water partition coefficient (Wildman–Crippen LogP) is 5.48. The minimum absolute atomic E-state index is 0.0132. The second-order valence-electron chi connectivity index (χ2n) is 8.28. The van der Waals surface area contributed by atoms with Crippen LogP contribution in [0.5, 0.6) is 0 Å². The minimum Gasteiger partial charge on any atom is -0.458 e. The van der Waals surface area contributed by atoms with Crippen LogP contribution in [0.1, 0.15) is 38.3 Å². The molecule has 168 valence electrons.